The SMILES string of the molecule is CCCc1cc(Cl)ccc1C1COc2ccc3cc2N(C1)CC1CCC1C(OC)/C=C/CCC(C)S(=O)NC3=O. The fourth-order valence-corrected chi connectivity index (χ4v) is 7.35. The van der Waals surface area contributed by atoms with E-state index in [9.17, 15) is 9.00 Å². The molecule has 2 aliphatic heterocycles. The maximum Gasteiger partial charge on any atom is 0.263 e. The molecule has 40 heavy (non-hydrogen) atoms. The number of nitrogens with zero attached hydrogens (tertiary/aromatic N) is 1. The zero-order valence-corrected chi connectivity index (χ0v) is 25.3. The quantitative estimate of drug-likeness (QED) is 0.418. The predicted octanol–water partition coefficient (Wildman–Crippen LogP) is 6.45. The van der Waals surface area contributed by atoms with E-state index in [1.54, 1.807) is 13.2 Å². The molecule has 2 aromatic carbocycles. The molecule has 216 valence electrons. The molecule has 5 rings (SSSR count). The van der Waals surface area contributed by atoms with Gasteiger partial charge in [-0.05, 0) is 92.3 Å². The number of amides is 1. The third kappa shape index (κ3) is 6.42. The van der Waals surface area contributed by atoms with Gasteiger partial charge in [0.1, 0.15) is 16.7 Å². The highest BCUT2D eigenvalue weighted by atomic mass is 35.5. The average Bonchev–Trinajstić information content (AvgIpc) is 3.11. The summed E-state index contributed by atoms with van der Waals surface area (Å²) < 4.78 is 28.0. The first kappa shape index (κ1) is 29.2. The number of halogens is 1. The molecule has 8 heteroatoms. The molecule has 2 heterocycles. The van der Waals surface area contributed by atoms with Crippen molar-refractivity contribution < 1.29 is 18.5 Å². The molecular formula is C32H41ClN2O4S. The van der Waals surface area contributed by atoms with Crippen LogP contribution in [0.5, 0.6) is 5.75 Å². The van der Waals surface area contributed by atoms with Crippen LogP contribution in [-0.4, -0.2) is 48.3 Å². The summed E-state index contributed by atoms with van der Waals surface area (Å²) in [6, 6.07) is 11.8. The van der Waals surface area contributed by atoms with E-state index in [0.29, 0.717) is 24.0 Å². The second-order valence-electron chi connectivity index (χ2n) is 11.4. The van der Waals surface area contributed by atoms with Gasteiger partial charge in [-0.2, -0.15) is 0 Å². The lowest BCUT2D eigenvalue weighted by Gasteiger charge is -2.43. The number of rotatable bonds is 4. The van der Waals surface area contributed by atoms with Gasteiger partial charge in [-0.15, -0.1) is 0 Å². The van der Waals surface area contributed by atoms with E-state index in [2.05, 4.69) is 40.8 Å². The molecule has 0 aromatic heterocycles. The molecule has 1 amide bonds. The molecule has 0 spiro atoms. The Bertz CT molecular complexity index is 1270. The number of nitrogens with one attached hydrogen (secondary N) is 1. The van der Waals surface area contributed by atoms with Crippen molar-refractivity contribution in [2.45, 2.75) is 69.6 Å². The Balaban J connectivity index is 1.52. The van der Waals surface area contributed by atoms with E-state index in [-0.39, 0.29) is 23.2 Å². The first-order chi connectivity index (χ1) is 19.4. The lowest BCUT2D eigenvalue weighted by Crippen LogP contribution is -2.44. The van der Waals surface area contributed by atoms with E-state index in [1.807, 2.05) is 25.1 Å². The van der Waals surface area contributed by atoms with E-state index < -0.39 is 11.0 Å². The number of fused-ring (bicyclic) bond motifs is 2. The van der Waals surface area contributed by atoms with Crippen molar-refractivity contribution >= 4 is 34.2 Å². The number of allylic oxidation sites excluding steroid dienone is 1. The lowest BCUT2D eigenvalue weighted by molar-refractivity contribution is 0.0134. The van der Waals surface area contributed by atoms with Crippen LogP contribution in [0.3, 0.4) is 0 Å². The molecule has 2 bridgehead atoms. The minimum absolute atomic E-state index is 0.0596. The minimum atomic E-state index is -1.47. The van der Waals surface area contributed by atoms with Crippen LogP contribution in [-0.2, 0) is 22.1 Å². The van der Waals surface area contributed by atoms with Crippen molar-refractivity contribution in [2.24, 2.45) is 11.8 Å². The number of carbonyl (C=O) groups is 1. The van der Waals surface area contributed by atoms with Crippen molar-refractivity contribution in [3.63, 3.8) is 0 Å². The van der Waals surface area contributed by atoms with Crippen LogP contribution in [0.25, 0.3) is 0 Å². The number of carbonyl (C=O) groups excluding carboxylic acids is 1. The summed E-state index contributed by atoms with van der Waals surface area (Å²) in [4.78, 5) is 15.6. The normalized spacial score (nSPS) is 29.8. The largest absolute Gasteiger partial charge is 0.491 e. The third-order valence-electron chi connectivity index (χ3n) is 8.76. The van der Waals surface area contributed by atoms with Crippen molar-refractivity contribution in [1.29, 1.82) is 0 Å². The Morgan fingerprint density at radius 2 is 2.00 bits per heavy atom. The maximum absolute atomic E-state index is 13.2. The third-order valence-corrected chi connectivity index (χ3v) is 10.3. The van der Waals surface area contributed by atoms with Gasteiger partial charge in [-0.3, -0.25) is 9.52 Å². The van der Waals surface area contributed by atoms with Gasteiger partial charge < -0.3 is 14.4 Å². The van der Waals surface area contributed by atoms with Gasteiger partial charge >= 0.3 is 0 Å². The molecule has 0 saturated heterocycles. The molecular weight excluding hydrogens is 544 g/mol. The first-order valence-corrected chi connectivity index (χ1v) is 16.2. The van der Waals surface area contributed by atoms with Crippen LogP contribution >= 0.6 is 11.6 Å². The van der Waals surface area contributed by atoms with E-state index in [0.717, 1.165) is 68.1 Å². The minimum Gasteiger partial charge on any atom is -0.491 e. The topological polar surface area (TPSA) is 67.9 Å². The predicted molar refractivity (Wildman–Crippen MR) is 163 cm³/mol. The van der Waals surface area contributed by atoms with Crippen LogP contribution in [0.2, 0.25) is 5.02 Å². The molecule has 2 aromatic rings. The van der Waals surface area contributed by atoms with Crippen molar-refractivity contribution in [3.05, 3.63) is 70.3 Å². The highest BCUT2D eigenvalue weighted by Gasteiger charge is 2.39. The van der Waals surface area contributed by atoms with Gasteiger partial charge in [0.25, 0.3) is 5.91 Å². The van der Waals surface area contributed by atoms with E-state index in [1.165, 1.54) is 11.1 Å². The fourth-order valence-electron chi connectivity index (χ4n) is 6.31. The molecule has 1 saturated carbocycles. The summed E-state index contributed by atoms with van der Waals surface area (Å²) >= 11 is 6.39. The highest BCUT2D eigenvalue weighted by molar-refractivity contribution is 7.84. The monoisotopic (exact) mass is 584 g/mol. The lowest BCUT2D eigenvalue weighted by atomic mass is 9.70. The van der Waals surface area contributed by atoms with Crippen LogP contribution in [0, 0.1) is 11.8 Å². The van der Waals surface area contributed by atoms with Crippen LogP contribution < -0.4 is 14.4 Å². The molecule has 6 nitrogen and oxygen atoms in total. The summed E-state index contributed by atoms with van der Waals surface area (Å²) in [6.07, 6.45) is 10.2. The van der Waals surface area contributed by atoms with Gasteiger partial charge in [-0.1, -0.05) is 43.2 Å². The van der Waals surface area contributed by atoms with Crippen LogP contribution in [0.4, 0.5) is 5.69 Å². The number of hydrogen-bond donors (Lipinski definition) is 1. The van der Waals surface area contributed by atoms with Crippen LogP contribution in [0.15, 0.2) is 48.6 Å². The van der Waals surface area contributed by atoms with Crippen molar-refractivity contribution in [2.75, 3.05) is 31.7 Å². The number of hydrogen-bond acceptors (Lipinski definition) is 5. The second-order valence-corrected chi connectivity index (χ2v) is 13.5. The summed E-state index contributed by atoms with van der Waals surface area (Å²) in [7, 11) is 0.322. The molecule has 0 radical (unpaired) electrons. The number of benzene rings is 2. The van der Waals surface area contributed by atoms with Crippen LogP contribution in [0.1, 0.15) is 73.4 Å². The zero-order chi connectivity index (χ0) is 28.2. The average molecular weight is 585 g/mol. The Labute approximate surface area is 246 Å². The van der Waals surface area contributed by atoms with Crippen molar-refractivity contribution in [1.82, 2.24) is 4.72 Å². The van der Waals surface area contributed by atoms with Gasteiger partial charge in [0.15, 0.2) is 0 Å². The Hall–Kier alpha value is -2.35. The second kappa shape index (κ2) is 13.1. The van der Waals surface area contributed by atoms with E-state index >= 15 is 0 Å². The number of methoxy groups -OCH3 is 1. The zero-order valence-electron chi connectivity index (χ0n) is 23.7. The fraction of sp³-hybridized carbons (Fsp3) is 0.531. The summed E-state index contributed by atoms with van der Waals surface area (Å²) in [5.41, 5.74) is 3.96. The molecule has 6 atom stereocenters. The van der Waals surface area contributed by atoms with Gasteiger partial charge in [0, 0.05) is 36.7 Å². The van der Waals surface area contributed by atoms with Gasteiger partial charge in [-0.25, -0.2) is 4.21 Å². The van der Waals surface area contributed by atoms with Crippen molar-refractivity contribution in [3.8, 4) is 5.75 Å². The molecule has 6 unspecified atom stereocenters. The summed E-state index contributed by atoms with van der Waals surface area (Å²) in [6.45, 7) is 6.28. The summed E-state index contributed by atoms with van der Waals surface area (Å²) in [5.74, 6) is 1.52. The molecule has 1 aliphatic carbocycles. The number of aryl methyl sites for hydroxylation is 1. The first-order valence-electron chi connectivity index (χ1n) is 14.6. The maximum atomic E-state index is 13.2. The standard InChI is InChI=1S/C32H41ClN2O4S/c1-4-7-22-16-26(33)12-14-27(22)25-19-35-18-24-10-13-28(24)30(38-3)9-6-5-8-21(2)40(37)34-32(36)23-11-15-31(39-20-25)29(35)17-23/h6,9,11-12,14-17,21,24-25,28,30H,4-5,7-8,10,13,18-20H2,1-3H3,(H,34,36)/b9-6+. The number of anilines is 1. The Morgan fingerprint density at radius 3 is 2.75 bits per heavy atom. The molecule has 1 N–H and O–H groups in total. The van der Waals surface area contributed by atoms with Gasteiger partial charge in [0.2, 0.25) is 0 Å². The molecule has 1 fully saturated rings. The smallest absolute Gasteiger partial charge is 0.263 e. The molecule has 3 aliphatic rings. The Morgan fingerprint density at radius 1 is 1.15 bits per heavy atom. The summed E-state index contributed by atoms with van der Waals surface area (Å²) in [5, 5.41) is 0.602. The van der Waals surface area contributed by atoms with Gasteiger partial charge in [0.05, 0.1) is 23.6 Å². The Kier molecular flexibility index (Phi) is 9.54. The van der Waals surface area contributed by atoms with E-state index in [4.69, 9.17) is 21.1 Å². The highest BCUT2D eigenvalue weighted by Crippen LogP contribution is 2.43. The number of ether oxygens (including phenoxy) is 2.